The van der Waals surface area contributed by atoms with Gasteiger partial charge in [0.15, 0.2) is 11.5 Å². The molecule has 1 saturated carbocycles. The summed E-state index contributed by atoms with van der Waals surface area (Å²) in [6.45, 7) is 0.253. The molecule has 24 heavy (non-hydrogen) atoms. The van der Waals surface area contributed by atoms with Crippen LogP contribution in [0, 0.1) is 5.92 Å². The molecule has 0 bridgehead atoms. The van der Waals surface area contributed by atoms with Gasteiger partial charge in [-0.25, -0.2) is 0 Å². The molecule has 3 nitrogen and oxygen atoms in total. The molecule has 2 aromatic rings. The molecule has 1 heterocycles. The smallest absolute Gasteiger partial charge is 0.231 e. The van der Waals surface area contributed by atoms with Gasteiger partial charge in [-0.3, -0.25) is 0 Å². The quantitative estimate of drug-likeness (QED) is 0.791. The maximum Gasteiger partial charge on any atom is 0.231 e. The molecule has 0 spiro atoms. The molecule has 1 atom stereocenters. The lowest BCUT2D eigenvalue weighted by molar-refractivity contribution is 0.112. The van der Waals surface area contributed by atoms with Gasteiger partial charge in [-0.2, -0.15) is 0 Å². The van der Waals surface area contributed by atoms with Crippen molar-refractivity contribution in [2.24, 2.45) is 5.92 Å². The number of hydrogen-bond donors (Lipinski definition) is 1. The normalized spacial score (nSPS) is 18.1. The van der Waals surface area contributed by atoms with Gasteiger partial charge in [0, 0.05) is 4.90 Å². The van der Waals surface area contributed by atoms with Crippen molar-refractivity contribution >= 4 is 11.8 Å². The first-order chi connectivity index (χ1) is 11.8. The third-order valence-electron chi connectivity index (χ3n) is 5.11. The SMILES string of the molecule is CSc1ccc(-c2cc3c(cc2C(O)C2CCCC2)OCO3)cc1. The van der Waals surface area contributed by atoms with E-state index in [4.69, 9.17) is 9.47 Å². The molecule has 126 valence electrons. The molecule has 0 radical (unpaired) electrons. The minimum Gasteiger partial charge on any atom is -0.454 e. The summed E-state index contributed by atoms with van der Waals surface area (Å²) in [6.07, 6.45) is 6.25. The van der Waals surface area contributed by atoms with Crippen LogP contribution in [0.15, 0.2) is 41.3 Å². The number of rotatable bonds is 4. The number of fused-ring (bicyclic) bond motifs is 1. The molecule has 1 unspecified atom stereocenters. The van der Waals surface area contributed by atoms with E-state index in [9.17, 15) is 5.11 Å². The lowest BCUT2D eigenvalue weighted by Crippen LogP contribution is -2.10. The summed E-state index contributed by atoms with van der Waals surface area (Å²) < 4.78 is 11.1. The van der Waals surface area contributed by atoms with Crippen LogP contribution in [0.5, 0.6) is 11.5 Å². The molecule has 1 aliphatic carbocycles. The average molecular weight is 342 g/mol. The van der Waals surface area contributed by atoms with Gasteiger partial charge in [-0.05, 0) is 66.0 Å². The predicted molar refractivity (Wildman–Crippen MR) is 96.7 cm³/mol. The van der Waals surface area contributed by atoms with Gasteiger partial charge in [-0.1, -0.05) is 25.0 Å². The molecule has 4 heteroatoms. The third kappa shape index (κ3) is 2.89. The van der Waals surface area contributed by atoms with Gasteiger partial charge in [0.1, 0.15) is 0 Å². The summed E-state index contributed by atoms with van der Waals surface area (Å²) in [5, 5.41) is 11.0. The van der Waals surface area contributed by atoms with Gasteiger partial charge in [0.05, 0.1) is 6.10 Å². The molecular weight excluding hydrogens is 320 g/mol. The topological polar surface area (TPSA) is 38.7 Å². The first-order valence-electron chi connectivity index (χ1n) is 8.52. The molecule has 4 rings (SSSR count). The van der Waals surface area contributed by atoms with Crippen LogP contribution in [0.3, 0.4) is 0 Å². The van der Waals surface area contributed by atoms with E-state index in [2.05, 4.69) is 30.5 Å². The molecule has 0 aromatic heterocycles. The molecule has 1 aliphatic heterocycles. The zero-order valence-electron chi connectivity index (χ0n) is 13.8. The van der Waals surface area contributed by atoms with Crippen molar-refractivity contribution in [3.63, 3.8) is 0 Å². The molecule has 0 amide bonds. The van der Waals surface area contributed by atoms with Crippen molar-refractivity contribution in [1.29, 1.82) is 0 Å². The van der Waals surface area contributed by atoms with Gasteiger partial charge < -0.3 is 14.6 Å². The maximum atomic E-state index is 11.0. The van der Waals surface area contributed by atoms with Crippen LogP contribution in [-0.4, -0.2) is 18.2 Å². The third-order valence-corrected chi connectivity index (χ3v) is 5.85. The van der Waals surface area contributed by atoms with Crippen molar-refractivity contribution in [3.8, 4) is 22.6 Å². The number of benzene rings is 2. The fourth-order valence-electron chi connectivity index (χ4n) is 3.75. The summed E-state index contributed by atoms with van der Waals surface area (Å²) in [6, 6.07) is 12.5. The van der Waals surface area contributed by atoms with E-state index in [1.807, 2.05) is 12.1 Å². The molecule has 2 aromatic carbocycles. The number of aliphatic hydroxyl groups excluding tert-OH is 1. The van der Waals surface area contributed by atoms with Crippen molar-refractivity contribution in [3.05, 3.63) is 42.0 Å². The van der Waals surface area contributed by atoms with Crippen LogP contribution in [0.1, 0.15) is 37.4 Å². The number of aliphatic hydroxyl groups is 1. The Bertz CT molecular complexity index is 720. The Morgan fingerprint density at radius 1 is 1.04 bits per heavy atom. The Kier molecular flexibility index (Phi) is 4.42. The van der Waals surface area contributed by atoms with Crippen LogP contribution < -0.4 is 9.47 Å². The van der Waals surface area contributed by atoms with E-state index in [0.717, 1.165) is 41.0 Å². The largest absolute Gasteiger partial charge is 0.454 e. The van der Waals surface area contributed by atoms with Crippen LogP contribution in [-0.2, 0) is 0 Å². The number of hydrogen-bond acceptors (Lipinski definition) is 4. The van der Waals surface area contributed by atoms with E-state index in [1.54, 1.807) is 11.8 Å². The Hall–Kier alpha value is -1.65. The molecular formula is C20H22O3S. The van der Waals surface area contributed by atoms with Crippen LogP contribution in [0.25, 0.3) is 11.1 Å². The van der Waals surface area contributed by atoms with E-state index >= 15 is 0 Å². The number of thioether (sulfide) groups is 1. The van der Waals surface area contributed by atoms with Crippen LogP contribution in [0.2, 0.25) is 0 Å². The number of ether oxygens (including phenoxy) is 2. The van der Waals surface area contributed by atoms with Crippen LogP contribution >= 0.6 is 11.8 Å². The second-order valence-electron chi connectivity index (χ2n) is 6.51. The van der Waals surface area contributed by atoms with Crippen molar-refractivity contribution in [2.45, 2.75) is 36.7 Å². The minimum absolute atomic E-state index is 0.253. The minimum atomic E-state index is -0.447. The van der Waals surface area contributed by atoms with Crippen molar-refractivity contribution < 1.29 is 14.6 Å². The van der Waals surface area contributed by atoms with Gasteiger partial charge in [-0.15, -0.1) is 11.8 Å². The van der Waals surface area contributed by atoms with E-state index in [1.165, 1.54) is 17.7 Å². The molecule has 1 N–H and O–H groups in total. The highest BCUT2D eigenvalue weighted by Gasteiger charge is 2.29. The summed E-state index contributed by atoms with van der Waals surface area (Å²) >= 11 is 1.73. The first-order valence-corrected chi connectivity index (χ1v) is 9.75. The Morgan fingerprint density at radius 3 is 2.38 bits per heavy atom. The zero-order chi connectivity index (χ0) is 16.5. The highest BCUT2D eigenvalue weighted by atomic mass is 32.2. The van der Waals surface area contributed by atoms with Crippen molar-refractivity contribution in [2.75, 3.05) is 13.0 Å². The summed E-state index contributed by atoms with van der Waals surface area (Å²) in [5.41, 5.74) is 3.12. The fourth-order valence-corrected chi connectivity index (χ4v) is 4.16. The van der Waals surface area contributed by atoms with Gasteiger partial charge in [0.2, 0.25) is 6.79 Å². The Balaban J connectivity index is 1.78. The van der Waals surface area contributed by atoms with E-state index < -0.39 is 6.10 Å². The van der Waals surface area contributed by atoms with Gasteiger partial charge in [0.25, 0.3) is 0 Å². The first kappa shape index (κ1) is 15.9. The molecule has 2 aliphatic rings. The second kappa shape index (κ2) is 6.69. The monoisotopic (exact) mass is 342 g/mol. The highest BCUT2D eigenvalue weighted by molar-refractivity contribution is 7.98. The standard InChI is InChI=1S/C20H22O3S/c1-24-15-8-6-13(7-9-15)16-10-18-19(23-12-22-18)11-17(16)20(21)14-4-2-3-5-14/h6-11,14,20-21H,2-5,12H2,1H3. The van der Waals surface area contributed by atoms with Gasteiger partial charge >= 0.3 is 0 Å². The maximum absolute atomic E-state index is 11.0. The lowest BCUT2D eigenvalue weighted by Gasteiger charge is -2.22. The van der Waals surface area contributed by atoms with E-state index in [-0.39, 0.29) is 6.79 Å². The zero-order valence-corrected chi connectivity index (χ0v) is 14.6. The van der Waals surface area contributed by atoms with Crippen molar-refractivity contribution in [1.82, 2.24) is 0 Å². The Morgan fingerprint density at radius 2 is 1.71 bits per heavy atom. The van der Waals surface area contributed by atoms with Crippen LogP contribution in [0.4, 0.5) is 0 Å². The predicted octanol–water partition coefficient (Wildman–Crippen LogP) is 5.03. The highest BCUT2D eigenvalue weighted by Crippen LogP contribution is 2.45. The summed E-state index contributed by atoms with van der Waals surface area (Å²) in [7, 11) is 0. The molecule has 0 saturated heterocycles. The lowest BCUT2D eigenvalue weighted by atomic mass is 9.88. The van der Waals surface area contributed by atoms with E-state index in [0.29, 0.717) is 5.92 Å². The summed E-state index contributed by atoms with van der Waals surface area (Å²) in [4.78, 5) is 1.23. The Labute approximate surface area is 147 Å². The fraction of sp³-hybridized carbons (Fsp3) is 0.400. The average Bonchev–Trinajstić information content (AvgIpc) is 3.31. The second-order valence-corrected chi connectivity index (χ2v) is 7.39. The molecule has 1 fully saturated rings. The summed E-state index contributed by atoms with van der Waals surface area (Å²) in [5.74, 6) is 1.85.